The summed E-state index contributed by atoms with van der Waals surface area (Å²) in [6.45, 7) is 7.77. The number of rotatable bonds is 8. The summed E-state index contributed by atoms with van der Waals surface area (Å²) >= 11 is 0.808. The van der Waals surface area contributed by atoms with E-state index in [1.165, 1.54) is 6.07 Å². The van der Waals surface area contributed by atoms with Crippen LogP contribution in [-0.2, 0) is 21.2 Å². The first kappa shape index (κ1) is 26.8. The van der Waals surface area contributed by atoms with Crippen molar-refractivity contribution >= 4 is 49.5 Å². The molecular formula is C20H25F3N6O4S2. The molecule has 35 heavy (non-hydrogen) atoms. The van der Waals surface area contributed by atoms with Crippen molar-refractivity contribution in [3.8, 4) is 0 Å². The Labute approximate surface area is 204 Å². The van der Waals surface area contributed by atoms with E-state index in [0.29, 0.717) is 12.1 Å². The van der Waals surface area contributed by atoms with Crippen LogP contribution in [0.4, 0.5) is 35.4 Å². The number of carbonyl (C=O) groups excluding carboxylic acids is 1. The summed E-state index contributed by atoms with van der Waals surface area (Å²) in [5, 5.41) is 15.3. The standard InChI is InChI=1S/C20H25F3N6O4S2/c1-5-33-18(30)17-25-27-19(34-17)26-24-14-8-13-7-6-12(4)29(11(2)3)16(13)9-15(14)28-35(31,32)10-20(21,22)23/h8-9,11-12,28H,5-7,10H2,1-4H3. The number of nitrogens with zero attached hydrogens (tertiary/aromatic N) is 5. The maximum atomic E-state index is 12.8. The van der Waals surface area contributed by atoms with Crippen LogP contribution in [0.1, 0.15) is 49.5 Å². The molecule has 1 aliphatic heterocycles. The van der Waals surface area contributed by atoms with Crippen LogP contribution in [0.5, 0.6) is 0 Å². The minimum Gasteiger partial charge on any atom is -0.461 e. The van der Waals surface area contributed by atoms with Crippen molar-refractivity contribution in [1.82, 2.24) is 10.2 Å². The molecule has 15 heteroatoms. The van der Waals surface area contributed by atoms with Crippen molar-refractivity contribution in [3.63, 3.8) is 0 Å². The molecule has 0 radical (unpaired) electrons. The molecule has 2 aromatic rings. The number of anilines is 2. The number of fused-ring (bicyclic) bond motifs is 1. The Kier molecular flexibility index (Phi) is 7.99. The van der Waals surface area contributed by atoms with Gasteiger partial charge < -0.3 is 9.64 Å². The van der Waals surface area contributed by atoms with E-state index in [9.17, 15) is 26.4 Å². The summed E-state index contributed by atoms with van der Waals surface area (Å²) < 4.78 is 69.8. The van der Waals surface area contributed by atoms with Crippen LogP contribution in [0.15, 0.2) is 22.4 Å². The van der Waals surface area contributed by atoms with E-state index < -0.39 is 27.9 Å². The average Bonchev–Trinajstić information content (AvgIpc) is 3.19. The van der Waals surface area contributed by atoms with Gasteiger partial charge in [-0.2, -0.15) is 13.2 Å². The lowest BCUT2D eigenvalue weighted by atomic mass is 9.94. The van der Waals surface area contributed by atoms with E-state index in [1.807, 2.05) is 25.5 Å². The van der Waals surface area contributed by atoms with Gasteiger partial charge in [0, 0.05) is 17.8 Å². The molecule has 1 N–H and O–H groups in total. The van der Waals surface area contributed by atoms with Gasteiger partial charge in [-0.25, -0.2) is 13.2 Å². The second kappa shape index (κ2) is 10.4. The number of esters is 1. The van der Waals surface area contributed by atoms with Crippen molar-refractivity contribution in [3.05, 3.63) is 22.7 Å². The third kappa shape index (κ3) is 6.87. The zero-order valence-corrected chi connectivity index (χ0v) is 21.1. The maximum Gasteiger partial charge on any atom is 0.404 e. The molecule has 10 nitrogen and oxygen atoms in total. The van der Waals surface area contributed by atoms with E-state index in [1.54, 1.807) is 13.0 Å². The third-order valence-electron chi connectivity index (χ3n) is 5.06. The lowest BCUT2D eigenvalue weighted by Crippen LogP contribution is -2.42. The van der Waals surface area contributed by atoms with Gasteiger partial charge in [-0.3, -0.25) is 4.72 Å². The van der Waals surface area contributed by atoms with Gasteiger partial charge in [0.25, 0.3) is 5.13 Å². The summed E-state index contributed by atoms with van der Waals surface area (Å²) in [5.74, 6) is -2.72. The first-order chi connectivity index (χ1) is 16.3. The number of halogens is 3. The lowest BCUT2D eigenvalue weighted by molar-refractivity contribution is -0.106. The molecule has 0 saturated heterocycles. The molecule has 0 bridgehead atoms. The number of alkyl halides is 3. The van der Waals surface area contributed by atoms with Crippen LogP contribution in [-0.4, -0.2) is 55.2 Å². The number of ether oxygens (including phenoxy) is 1. The molecule has 0 aliphatic carbocycles. The van der Waals surface area contributed by atoms with Gasteiger partial charge in [-0.05, 0) is 58.2 Å². The highest BCUT2D eigenvalue weighted by Crippen LogP contribution is 2.41. The number of benzene rings is 1. The minimum absolute atomic E-state index is 0.00713. The Hall–Kier alpha value is -2.81. The van der Waals surface area contributed by atoms with Crippen LogP contribution in [0.3, 0.4) is 0 Å². The third-order valence-corrected chi connectivity index (χ3v) is 7.09. The molecule has 0 amide bonds. The first-order valence-electron chi connectivity index (χ1n) is 10.7. The molecule has 1 aromatic heterocycles. The van der Waals surface area contributed by atoms with Crippen LogP contribution < -0.4 is 9.62 Å². The topological polar surface area (TPSA) is 126 Å². The van der Waals surface area contributed by atoms with Crippen molar-refractivity contribution in [1.29, 1.82) is 0 Å². The number of aryl methyl sites for hydroxylation is 1. The second-order valence-electron chi connectivity index (χ2n) is 8.17. The average molecular weight is 535 g/mol. The minimum atomic E-state index is -4.92. The quantitative estimate of drug-likeness (QED) is 0.374. The summed E-state index contributed by atoms with van der Waals surface area (Å²) in [5.41, 5.74) is 1.43. The monoisotopic (exact) mass is 534 g/mol. The van der Waals surface area contributed by atoms with E-state index in [0.717, 1.165) is 23.3 Å². The van der Waals surface area contributed by atoms with Crippen molar-refractivity contribution in [2.75, 3.05) is 22.0 Å². The maximum absolute atomic E-state index is 12.8. The molecule has 0 spiro atoms. The van der Waals surface area contributed by atoms with Gasteiger partial charge in [0.2, 0.25) is 15.0 Å². The molecule has 0 saturated carbocycles. The fraction of sp³-hybridized carbons (Fsp3) is 0.550. The molecule has 192 valence electrons. The molecule has 1 unspecified atom stereocenters. The van der Waals surface area contributed by atoms with Crippen molar-refractivity contribution in [2.45, 2.75) is 58.8 Å². The van der Waals surface area contributed by atoms with E-state index in [-0.39, 0.29) is 40.2 Å². The summed E-state index contributed by atoms with van der Waals surface area (Å²) in [4.78, 5) is 13.9. The summed E-state index contributed by atoms with van der Waals surface area (Å²) in [7, 11) is -4.77. The van der Waals surface area contributed by atoms with Crippen molar-refractivity contribution < 1.29 is 31.1 Å². The number of nitrogens with one attached hydrogen (secondary N) is 1. The smallest absolute Gasteiger partial charge is 0.404 e. The predicted octanol–water partition coefficient (Wildman–Crippen LogP) is 4.98. The SMILES string of the molecule is CCOC(=O)c1nnc(N=Nc2cc3c(cc2NS(=O)(=O)CC(F)(F)F)N(C(C)C)C(C)CC3)s1. The highest BCUT2D eigenvalue weighted by Gasteiger charge is 2.36. The molecule has 3 rings (SSSR count). The largest absolute Gasteiger partial charge is 0.461 e. The van der Waals surface area contributed by atoms with Crippen LogP contribution in [0.25, 0.3) is 0 Å². The Morgan fingerprint density at radius 2 is 2.03 bits per heavy atom. The fourth-order valence-electron chi connectivity index (χ4n) is 3.80. The second-order valence-corrected chi connectivity index (χ2v) is 10.9. The summed E-state index contributed by atoms with van der Waals surface area (Å²) in [6, 6.07) is 3.30. The molecule has 1 atom stereocenters. The fourth-order valence-corrected chi connectivity index (χ4v) is 5.36. The number of aromatic nitrogens is 2. The molecular weight excluding hydrogens is 509 g/mol. The van der Waals surface area contributed by atoms with Crippen LogP contribution in [0, 0.1) is 0 Å². The van der Waals surface area contributed by atoms with E-state index >= 15 is 0 Å². The lowest BCUT2D eigenvalue weighted by Gasteiger charge is -2.40. The Bertz CT molecular complexity index is 1210. The van der Waals surface area contributed by atoms with Gasteiger partial charge in [0.15, 0.2) is 5.75 Å². The van der Waals surface area contributed by atoms with Gasteiger partial charge in [-0.1, -0.05) is 11.3 Å². The normalized spacial score (nSPS) is 16.6. The molecule has 1 aliphatic rings. The van der Waals surface area contributed by atoms with Crippen molar-refractivity contribution in [2.24, 2.45) is 10.2 Å². The first-order valence-corrected chi connectivity index (χ1v) is 13.2. The highest BCUT2D eigenvalue weighted by atomic mass is 32.2. The zero-order valence-electron chi connectivity index (χ0n) is 19.5. The number of azo groups is 1. The van der Waals surface area contributed by atoms with E-state index in [2.05, 4.69) is 25.3 Å². The van der Waals surface area contributed by atoms with Gasteiger partial charge >= 0.3 is 12.1 Å². The number of sulfonamides is 1. The molecule has 1 aromatic carbocycles. The van der Waals surface area contributed by atoms with Gasteiger partial charge in [0.05, 0.1) is 12.3 Å². The van der Waals surface area contributed by atoms with Gasteiger partial charge in [0.1, 0.15) is 5.69 Å². The Morgan fingerprint density at radius 3 is 2.66 bits per heavy atom. The molecule has 2 heterocycles. The Balaban J connectivity index is 2.02. The zero-order chi connectivity index (χ0) is 26.0. The van der Waals surface area contributed by atoms with Crippen LogP contribution in [0.2, 0.25) is 0 Å². The molecule has 0 fully saturated rings. The van der Waals surface area contributed by atoms with E-state index in [4.69, 9.17) is 4.74 Å². The Morgan fingerprint density at radius 1 is 1.31 bits per heavy atom. The predicted molar refractivity (Wildman–Crippen MR) is 125 cm³/mol. The highest BCUT2D eigenvalue weighted by molar-refractivity contribution is 7.92. The number of carbonyl (C=O) groups is 1. The summed E-state index contributed by atoms with van der Waals surface area (Å²) in [6.07, 6.45) is -3.42. The number of hydrogen-bond acceptors (Lipinski definition) is 10. The number of hydrogen-bond donors (Lipinski definition) is 1. The van der Waals surface area contributed by atoms with Gasteiger partial charge in [-0.15, -0.1) is 20.4 Å². The van der Waals surface area contributed by atoms with Crippen LogP contribution >= 0.6 is 11.3 Å².